The number of ether oxygens (including phenoxy) is 1. The van der Waals surface area contributed by atoms with E-state index in [-0.39, 0.29) is 0 Å². The van der Waals surface area contributed by atoms with Crippen molar-refractivity contribution >= 4 is 0 Å². The highest BCUT2D eigenvalue weighted by Gasteiger charge is 2.13. The fourth-order valence-corrected chi connectivity index (χ4v) is 2.17. The Hall–Kier alpha value is -0.860. The van der Waals surface area contributed by atoms with Crippen LogP contribution in [0.3, 0.4) is 0 Å². The summed E-state index contributed by atoms with van der Waals surface area (Å²) in [5, 5.41) is 3.47. The molecule has 88 valence electrons. The van der Waals surface area contributed by atoms with E-state index in [1.54, 1.807) is 0 Å². The molecule has 1 aliphatic heterocycles. The molecule has 1 atom stereocenters. The van der Waals surface area contributed by atoms with Crippen molar-refractivity contribution in [1.29, 1.82) is 0 Å². The van der Waals surface area contributed by atoms with Crippen LogP contribution in [-0.4, -0.2) is 25.8 Å². The minimum Gasteiger partial charge on any atom is -0.377 e. The molecule has 0 saturated carbocycles. The predicted molar refractivity (Wildman–Crippen MR) is 66.7 cm³/mol. The number of hydrogen-bond acceptors (Lipinski definition) is 2. The summed E-state index contributed by atoms with van der Waals surface area (Å²) in [7, 11) is 0. The summed E-state index contributed by atoms with van der Waals surface area (Å²) >= 11 is 0. The van der Waals surface area contributed by atoms with E-state index in [9.17, 15) is 0 Å². The van der Waals surface area contributed by atoms with Crippen LogP contribution in [0.2, 0.25) is 0 Å². The molecule has 1 heterocycles. The molecule has 16 heavy (non-hydrogen) atoms. The molecule has 1 unspecified atom stereocenters. The molecule has 2 nitrogen and oxygen atoms in total. The molecule has 0 aromatic heterocycles. The van der Waals surface area contributed by atoms with Crippen molar-refractivity contribution in [1.82, 2.24) is 5.32 Å². The van der Waals surface area contributed by atoms with Gasteiger partial charge in [-0.15, -0.1) is 0 Å². The topological polar surface area (TPSA) is 21.3 Å². The van der Waals surface area contributed by atoms with Crippen LogP contribution in [-0.2, 0) is 11.2 Å². The van der Waals surface area contributed by atoms with Crippen molar-refractivity contribution < 1.29 is 4.74 Å². The van der Waals surface area contributed by atoms with Gasteiger partial charge in [0.05, 0.1) is 6.10 Å². The minimum atomic E-state index is 0.456. The van der Waals surface area contributed by atoms with E-state index in [0.29, 0.717) is 6.10 Å². The minimum absolute atomic E-state index is 0.456. The third-order valence-electron chi connectivity index (χ3n) is 3.07. The third kappa shape index (κ3) is 3.62. The SMILES string of the molecule is Cc1cccc(CCNCC2CCCO2)c1. The lowest BCUT2D eigenvalue weighted by Crippen LogP contribution is -2.27. The molecular weight excluding hydrogens is 198 g/mol. The Morgan fingerprint density at radius 3 is 3.12 bits per heavy atom. The van der Waals surface area contributed by atoms with Crippen molar-refractivity contribution in [3.8, 4) is 0 Å². The average Bonchev–Trinajstić information content (AvgIpc) is 2.77. The van der Waals surface area contributed by atoms with E-state index >= 15 is 0 Å². The Morgan fingerprint density at radius 1 is 1.44 bits per heavy atom. The first-order valence-electron chi connectivity index (χ1n) is 6.22. The molecule has 1 aliphatic rings. The van der Waals surface area contributed by atoms with Gasteiger partial charge in [-0.3, -0.25) is 0 Å². The number of rotatable bonds is 5. The van der Waals surface area contributed by atoms with Gasteiger partial charge in [-0.2, -0.15) is 0 Å². The van der Waals surface area contributed by atoms with Crippen LogP contribution < -0.4 is 5.32 Å². The smallest absolute Gasteiger partial charge is 0.0700 e. The maximum Gasteiger partial charge on any atom is 0.0700 e. The summed E-state index contributed by atoms with van der Waals surface area (Å²) in [6.07, 6.45) is 4.01. The molecule has 1 saturated heterocycles. The molecule has 1 N–H and O–H groups in total. The quantitative estimate of drug-likeness (QED) is 0.767. The molecule has 0 amide bonds. The largest absolute Gasteiger partial charge is 0.377 e. The average molecular weight is 219 g/mol. The molecule has 1 fully saturated rings. The number of benzene rings is 1. The van der Waals surface area contributed by atoms with Gasteiger partial charge in [-0.05, 0) is 38.3 Å². The molecule has 0 bridgehead atoms. The van der Waals surface area contributed by atoms with E-state index in [2.05, 4.69) is 36.5 Å². The second-order valence-corrected chi connectivity index (χ2v) is 4.58. The summed E-state index contributed by atoms with van der Waals surface area (Å²) in [5.74, 6) is 0. The maximum atomic E-state index is 5.56. The van der Waals surface area contributed by atoms with Crippen molar-refractivity contribution in [3.05, 3.63) is 35.4 Å². The second kappa shape index (κ2) is 6.02. The zero-order chi connectivity index (χ0) is 11.2. The van der Waals surface area contributed by atoms with Crippen LogP contribution in [0, 0.1) is 6.92 Å². The molecule has 0 aliphatic carbocycles. The molecule has 1 aromatic carbocycles. The van der Waals surface area contributed by atoms with Crippen LogP contribution in [0.15, 0.2) is 24.3 Å². The summed E-state index contributed by atoms with van der Waals surface area (Å²) in [6, 6.07) is 8.72. The Morgan fingerprint density at radius 2 is 2.38 bits per heavy atom. The van der Waals surface area contributed by atoms with Gasteiger partial charge in [0.2, 0.25) is 0 Å². The van der Waals surface area contributed by atoms with E-state index < -0.39 is 0 Å². The lowest BCUT2D eigenvalue weighted by molar-refractivity contribution is 0.110. The monoisotopic (exact) mass is 219 g/mol. The van der Waals surface area contributed by atoms with Gasteiger partial charge in [0.1, 0.15) is 0 Å². The van der Waals surface area contributed by atoms with Gasteiger partial charge in [-0.25, -0.2) is 0 Å². The van der Waals surface area contributed by atoms with Gasteiger partial charge < -0.3 is 10.1 Å². The lowest BCUT2D eigenvalue weighted by atomic mass is 10.1. The van der Waals surface area contributed by atoms with Crippen LogP contribution in [0.1, 0.15) is 24.0 Å². The number of hydrogen-bond donors (Lipinski definition) is 1. The first-order valence-corrected chi connectivity index (χ1v) is 6.22. The normalized spacial score (nSPS) is 20.2. The van der Waals surface area contributed by atoms with E-state index in [1.807, 2.05) is 0 Å². The maximum absolute atomic E-state index is 5.56. The van der Waals surface area contributed by atoms with Gasteiger partial charge in [0.15, 0.2) is 0 Å². The Kier molecular flexibility index (Phi) is 4.37. The molecular formula is C14H21NO. The zero-order valence-electron chi connectivity index (χ0n) is 10.0. The van der Waals surface area contributed by atoms with Gasteiger partial charge >= 0.3 is 0 Å². The predicted octanol–water partition coefficient (Wildman–Crippen LogP) is 2.31. The van der Waals surface area contributed by atoms with Crippen LogP contribution in [0.4, 0.5) is 0 Å². The standard InChI is InChI=1S/C14H21NO/c1-12-4-2-5-13(10-12)7-8-15-11-14-6-3-9-16-14/h2,4-5,10,14-15H,3,6-9,11H2,1H3. The first kappa shape index (κ1) is 11.6. The molecule has 0 radical (unpaired) electrons. The van der Waals surface area contributed by atoms with Crippen LogP contribution in [0.5, 0.6) is 0 Å². The van der Waals surface area contributed by atoms with Gasteiger partial charge in [0, 0.05) is 13.2 Å². The summed E-state index contributed by atoms with van der Waals surface area (Å²) in [5.41, 5.74) is 2.76. The Bertz CT molecular complexity index is 318. The second-order valence-electron chi connectivity index (χ2n) is 4.58. The molecule has 2 heteroatoms. The van der Waals surface area contributed by atoms with E-state index in [4.69, 9.17) is 4.74 Å². The Balaban J connectivity index is 1.64. The molecule has 2 rings (SSSR count). The van der Waals surface area contributed by atoms with Crippen molar-refractivity contribution in [3.63, 3.8) is 0 Å². The van der Waals surface area contributed by atoms with Crippen molar-refractivity contribution in [2.24, 2.45) is 0 Å². The number of aryl methyl sites for hydroxylation is 1. The Labute approximate surface area is 98.0 Å². The fraction of sp³-hybridized carbons (Fsp3) is 0.571. The van der Waals surface area contributed by atoms with Crippen molar-refractivity contribution in [2.45, 2.75) is 32.3 Å². The summed E-state index contributed by atoms with van der Waals surface area (Å²) in [6.45, 7) is 5.14. The van der Waals surface area contributed by atoms with E-state index in [0.717, 1.165) is 26.1 Å². The number of nitrogens with one attached hydrogen (secondary N) is 1. The summed E-state index contributed by atoms with van der Waals surface area (Å²) in [4.78, 5) is 0. The van der Waals surface area contributed by atoms with Gasteiger partial charge in [-0.1, -0.05) is 29.8 Å². The zero-order valence-corrected chi connectivity index (χ0v) is 10.0. The first-order chi connectivity index (χ1) is 7.84. The van der Waals surface area contributed by atoms with E-state index in [1.165, 1.54) is 24.0 Å². The highest BCUT2D eigenvalue weighted by Crippen LogP contribution is 2.10. The fourth-order valence-electron chi connectivity index (χ4n) is 2.17. The summed E-state index contributed by atoms with van der Waals surface area (Å²) < 4.78 is 5.56. The lowest BCUT2D eigenvalue weighted by Gasteiger charge is -2.10. The molecule has 1 aromatic rings. The van der Waals surface area contributed by atoms with Gasteiger partial charge in [0.25, 0.3) is 0 Å². The van der Waals surface area contributed by atoms with Crippen LogP contribution in [0.25, 0.3) is 0 Å². The molecule has 0 spiro atoms. The van der Waals surface area contributed by atoms with Crippen LogP contribution >= 0.6 is 0 Å². The highest BCUT2D eigenvalue weighted by atomic mass is 16.5. The third-order valence-corrected chi connectivity index (χ3v) is 3.07. The highest BCUT2D eigenvalue weighted by molar-refractivity contribution is 5.22. The van der Waals surface area contributed by atoms with Crippen molar-refractivity contribution in [2.75, 3.05) is 19.7 Å².